The van der Waals surface area contributed by atoms with Gasteiger partial charge in [0.1, 0.15) is 11.9 Å². The molecule has 2 rings (SSSR count). The molecule has 0 spiro atoms. The molecule has 0 aliphatic carbocycles. The highest BCUT2D eigenvalue weighted by molar-refractivity contribution is 5.93. The van der Waals surface area contributed by atoms with E-state index in [1.54, 1.807) is 25.1 Å². The molecular weight excluding hydrogens is 272 g/mol. The SMILES string of the molecule is CCOC(=O)CC(O)C(O)c1cnc(N)c2ccccc12. The molecule has 1 heterocycles. The van der Waals surface area contributed by atoms with Gasteiger partial charge in [-0.25, -0.2) is 4.98 Å². The molecule has 2 unspecified atom stereocenters. The van der Waals surface area contributed by atoms with Crippen LogP contribution in [-0.4, -0.2) is 33.9 Å². The molecule has 0 saturated heterocycles. The highest BCUT2D eigenvalue weighted by Gasteiger charge is 2.24. The highest BCUT2D eigenvalue weighted by Crippen LogP contribution is 2.29. The minimum atomic E-state index is -1.27. The number of rotatable bonds is 5. The van der Waals surface area contributed by atoms with E-state index in [-0.39, 0.29) is 13.0 Å². The molecule has 0 aliphatic heterocycles. The number of aromatic nitrogens is 1. The lowest BCUT2D eigenvalue weighted by Crippen LogP contribution is -2.23. The van der Waals surface area contributed by atoms with Crippen LogP contribution in [0.15, 0.2) is 30.5 Å². The number of pyridine rings is 1. The lowest BCUT2D eigenvalue weighted by atomic mass is 9.98. The minimum Gasteiger partial charge on any atom is -0.466 e. The monoisotopic (exact) mass is 290 g/mol. The maximum absolute atomic E-state index is 11.4. The van der Waals surface area contributed by atoms with Crippen LogP contribution in [0.1, 0.15) is 25.0 Å². The average molecular weight is 290 g/mol. The molecule has 2 aromatic rings. The molecule has 0 amide bonds. The molecule has 0 radical (unpaired) electrons. The first-order valence-electron chi connectivity index (χ1n) is 6.69. The van der Waals surface area contributed by atoms with Crippen LogP contribution >= 0.6 is 0 Å². The van der Waals surface area contributed by atoms with Gasteiger partial charge in [-0.1, -0.05) is 24.3 Å². The molecule has 2 atom stereocenters. The van der Waals surface area contributed by atoms with Gasteiger partial charge in [0.15, 0.2) is 0 Å². The van der Waals surface area contributed by atoms with Crippen LogP contribution in [-0.2, 0) is 9.53 Å². The van der Waals surface area contributed by atoms with Crippen LogP contribution in [0.25, 0.3) is 10.8 Å². The van der Waals surface area contributed by atoms with Crippen molar-refractivity contribution in [3.05, 3.63) is 36.0 Å². The maximum atomic E-state index is 11.4. The van der Waals surface area contributed by atoms with Crippen LogP contribution in [0.5, 0.6) is 0 Å². The third-order valence-electron chi connectivity index (χ3n) is 3.22. The molecule has 1 aromatic carbocycles. The zero-order valence-electron chi connectivity index (χ0n) is 11.7. The second-order valence-electron chi connectivity index (χ2n) is 4.67. The van der Waals surface area contributed by atoms with Crippen molar-refractivity contribution in [2.75, 3.05) is 12.3 Å². The Kier molecular flexibility index (Phi) is 4.72. The van der Waals surface area contributed by atoms with Crippen LogP contribution in [0.2, 0.25) is 0 Å². The van der Waals surface area contributed by atoms with Crippen molar-refractivity contribution in [2.24, 2.45) is 0 Å². The molecule has 0 fully saturated rings. The standard InChI is InChI=1S/C15H18N2O4/c1-2-21-13(19)7-12(18)14(20)11-8-17-15(16)10-6-4-3-5-9(10)11/h3-6,8,12,14,18,20H,2,7H2,1H3,(H2,16,17). The summed E-state index contributed by atoms with van der Waals surface area (Å²) in [4.78, 5) is 15.4. The van der Waals surface area contributed by atoms with E-state index in [1.165, 1.54) is 6.20 Å². The summed E-state index contributed by atoms with van der Waals surface area (Å²) in [5, 5.41) is 21.6. The van der Waals surface area contributed by atoms with Crippen molar-refractivity contribution in [2.45, 2.75) is 25.6 Å². The van der Waals surface area contributed by atoms with Gasteiger partial charge in [0, 0.05) is 17.1 Å². The Morgan fingerprint density at radius 2 is 2.00 bits per heavy atom. The first kappa shape index (κ1) is 15.2. The molecule has 112 valence electrons. The predicted molar refractivity (Wildman–Crippen MR) is 78.4 cm³/mol. The van der Waals surface area contributed by atoms with Crippen LogP contribution in [0.3, 0.4) is 0 Å². The lowest BCUT2D eigenvalue weighted by molar-refractivity contribution is -0.147. The Bertz CT molecular complexity index is 645. The summed E-state index contributed by atoms with van der Waals surface area (Å²) in [6.07, 6.45) is -1.38. The highest BCUT2D eigenvalue weighted by atomic mass is 16.5. The summed E-state index contributed by atoms with van der Waals surface area (Å²) in [6, 6.07) is 7.18. The number of carbonyl (C=O) groups excluding carboxylic acids is 1. The van der Waals surface area contributed by atoms with E-state index in [2.05, 4.69) is 4.98 Å². The zero-order chi connectivity index (χ0) is 15.4. The van der Waals surface area contributed by atoms with Crippen molar-refractivity contribution >= 4 is 22.6 Å². The van der Waals surface area contributed by atoms with Gasteiger partial charge in [-0.05, 0) is 12.3 Å². The number of nitrogen functional groups attached to an aromatic ring is 1. The number of carbonyl (C=O) groups is 1. The van der Waals surface area contributed by atoms with E-state index in [9.17, 15) is 15.0 Å². The average Bonchev–Trinajstić information content (AvgIpc) is 2.47. The normalized spacial score (nSPS) is 13.9. The van der Waals surface area contributed by atoms with Gasteiger partial charge in [0.25, 0.3) is 0 Å². The van der Waals surface area contributed by atoms with Crippen LogP contribution in [0.4, 0.5) is 5.82 Å². The maximum Gasteiger partial charge on any atom is 0.308 e. The molecular formula is C15H18N2O4. The number of nitrogens with zero attached hydrogens (tertiary/aromatic N) is 1. The van der Waals surface area contributed by atoms with Gasteiger partial charge in [-0.15, -0.1) is 0 Å². The summed E-state index contributed by atoms with van der Waals surface area (Å²) < 4.78 is 4.76. The predicted octanol–water partition coefficient (Wildman–Crippen LogP) is 1.16. The lowest BCUT2D eigenvalue weighted by Gasteiger charge is -2.19. The first-order valence-corrected chi connectivity index (χ1v) is 6.69. The Labute approximate surface area is 122 Å². The zero-order valence-corrected chi connectivity index (χ0v) is 11.7. The number of fused-ring (bicyclic) bond motifs is 1. The van der Waals surface area contributed by atoms with E-state index in [1.807, 2.05) is 6.07 Å². The van der Waals surface area contributed by atoms with Crippen LogP contribution < -0.4 is 5.73 Å². The molecule has 21 heavy (non-hydrogen) atoms. The van der Waals surface area contributed by atoms with Gasteiger partial charge in [0.2, 0.25) is 0 Å². The Morgan fingerprint density at radius 3 is 2.67 bits per heavy atom. The van der Waals surface area contributed by atoms with E-state index < -0.39 is 18.2 Å². The topological polar surface area (TPSA) is 106 Å². The summed E-state index contributed by atoms with van der Waals surface area (Å²) in [5.41, 5.74) is 6.22. The molecule has 6 nitrogen and oxygen atoms in total. The summed E-state index contributed by atoms with van der Waals surface area (Å²) in [6.45, 7) is 1.91. The number of hydrogen-bond donors (Lipinski definition) is 3. The number of aliphatic hydroxyl groups excluding tert-OH is 2. The fraction of sp³-hybridized carbons (Fsp3) is 0.333. The number of ether oxygens (including phenoxy) is 1. The number of esters is 1. The Hall–Kier alpha value is -2.18. The van der Waals surface area contributed by atoms with Gasteiger partial charge < -0.3 is 20.7 Å². The molecule has 0 aliphatic rings. The van der Waals surface area contributed by atoms with E-state index in [4.69, 9.17) is 10.5 Å². The number of aliphatic hydroxyl groups is 2. The van der Waals surface area contributed by atoms with Crippen molar-refractivity contribution in [1.82, 2.24) is 4.98 Å². The van der Waals surface area contributed by atoms with Gasteiger partial charge in [0.05, 0.1) is 19.1 Å². The third-order valence-corrected chi connectivity index (χ3v) is 3.22. The second kappa shape index (κ2) is 6.51. The smallest absolute Gasteiger partial charge is 0.308 e. The second-order valence-corrected chi connectivity index (χ2v) is 4.67. The quantitative estimate of drug-likeness (QED) is 0.714. The number of nitrogens with two attached hydrogens (primary N) is 1. The molecule has 6 heteroatoms. The fourth-order valence-corrected chi connectivity index (χ4v) is 2.18. The Morgan fingerprint density at radius 1 is 1.33 bits per heavy atom. The number of hydrogen-bond acceptors (Lipinski definition) is 6. The summed E-state index contributed by atoms with van der Waals surface area (Å²) >= 11 is 0. The van der Waals surface area contributed by atoms with Gasteiger partial charge in [-0.2, -0.15) is 0 Å². The van der Waals surface area contributed by atoms with Gasteiger partial charge in [-0.3, -0.25) is 4.79 Å². The summed E-state index contributed by atoms with van der Waals surface area (Å²) in [5.74, 6) is -0.210. The largest absolute Gasteiger partial charge is 0.466 e. The van der Waals surface area contributed by atoms with Crippen molar-refractivity contribution in [1.29, 1.82) is 0 Å². The van der Waals surface area contributed by atoms with Crippen LogP contribution in [0, 0.1) is 0 Å². The molecule has 0 saturated carbocycles. The number of benzene rings is 1. The van der Waals surface area contributed by atoms with Crippen molar-refractivity contribution in [3.8, 4) is 0 Å². The third kappa shape index (κ3) is 3.29. The number of anilines is 1. The summed E-state index contributed by atoms with van der Waals surface area (Å²) in [7, 11) is 0. The first-order chi connectivity index (χ1) is 10.0. The van der Waals surface area contributed by atoms with Crippen molar-refractivity contribution < 1.29 is 19.7 Å². The van der Waals surface area contributed by atoms with Gasteiger partial charge >= 0.3 is 5.97 Å². The van der Waals surface area contributed by atoms with E-state index in [0.29, 0.717) is 22.2 Å². The molecule has 4 N–H and O–H groups in total. The fourth-order valence-electron chi connectivity index (χ4n) is 2.18. The Balaban J connectivity index is 2.29. The molecule has 0 bridgehead atoms. The van der Waals surface area contributed by atoms with E-state index >= 15 is 0 Å². The van der Waals surface area contributed by atoms with Crippen molar-refractivity contribution in [3.63, 3.8) is 0 Å². The minimum absolute atomic E-state index is 0.230. The van der Waals surface area contributed by atoms with E-state index in [0.717, 1.165) is 0 Å². The molecule has 1 aromatic heterocycles.